The Balaban J connectivity index is 1.62. The number of amidine groups is 1. The highest BCUT2D eigenvalue weighted by Gasteiger charge is 2.38. The Bertz CT molecular complexity index is 1060. The zero-order chi connectivity index (χ0) is 21.6. The van der Waals surface area contributed by atoms with Crippen LogP contribution in [0.4, 0.5) is 11.4 Å². The van der Waals surface area contributed by atoms with Crippen molar-refractivity contribution in [1.29, 1.82) is 0 Å². The number of benzene rings is 1. The number of para-hydroxylation sites is 1. The molecule has 31 heavy (non-hydrogen) atoms. The molecule has 0 N–H and O–H groups in total. The predicted octanol–water partition coefficient (Wildman–Crippen LogP) is 5.48. The molecule has 2 heterocycles. The summed E-state index contributed by atoms with van der Waals surface area (Å²) in [7, 11) is 0. The molecular formula is C23H22N4O3S. The monoisotopic (exact) mass is 434 g/mol. The van der Waals surface area contributed by atoms with Crippen molar-refractivity contribution in [3.8, 4) is 0 Å². The zero-order valence-corrected chi connectivity index (χ0v) is 17.7. The molecule has 1 saturated heterocycles. The highest BCUT2D eigenvalue weighted by Crippen LogP contribution is 2.37. The molecule has 1 saturated carbocycles. The maximum Gasteiger partial charge on any atom is 0.276 e. The van der Waals surface area contributed by atoms with Gasteiger partial charge in [-0.1, -0.05) is 37.5 Å². The van der Waals surface area contributed by atoms with Gasteiger partial charge in [0.15, 0.2) is 5.17 Å². The van der Waals surface area contributed by atoms with Crippen molar-refractivity contribution in [2.24, 2.45) is 4.99 Å². The van der Waals surface area contributed by atoms with Crippen LogP contribution in [0, 0.1) is 10.1 Å². The smallest absolute Gasteiger partial charge is 0.276 e. The van der Waals surface area contributed by atoms with Gasteiger partial charge in [0.1, 0.15) is 0 Å². The largest absolute Gasteiger partial charge is 0.283 e. The molecule has 0 spiro atoms. The molecule has 2 fully saturated rings. The van der Waals surface area contributed by atoms with Crippen LogP contribution in [0.1, 0.15) is 37.7 Å². The minimum absolute atomic E-state index is 0.0326. The molecule has 8 heteroatoms. The molecule has 1 amide bonds. The minimum atomic E-state index is -0.411. The Morgan fingerprint density at radius 1 is 1.16 bits per heavy atom. The van der Waals surface area contributed by atoms with Gasteiger partial charge in [0.05, 0.1) is 27.3 Å². The Kier molecular flexibility index (Phi) is 6.57. The number of carbonyl (C=O) groups is 1. The van der Waals surface area contributed by atoms with E-state index in [-0.39, 0.29) is 17.6 Å². The second-order valence-electron chi connectivity index (χ2n) is 7.38. The first-order chi connectivity index (χ1) is 15.1. The van der Waals surface area contributed by atoms with Crippen LogP contribution in [0.15, 0.2) is 70.8 Å². The first kappa shape index (κ1) is 21.0. The third-order valence-electron chi connectivity index (χ3n) is 5.30. The van der Waals surface area contributed by atoms with E-state index >= 15 is 0 Å². The van der Waals surface area contributed by atoms with E-state index in [2.05, 4.69) is 9.98 Å². The fraction of sp³-hybridized carbons (Fsp3) is 0.261. The van der Waals surface area contributed by atoms with Gasteiger partial charge in [0.2, 0.25) is 0 Å². The number of amides is 1. The molecule has 0 radical (unpaired) electrons. The lowest BCUT2D eigenvalue weighted by atomic mass is 9.94. The van der Waals surface area contributed by atoms with Crippen molar-refractivity contribution < 1.29 is 9.72 Å². The quantitative estimate of drug-likeness (QED) is 0.353. The van der Waals surface area contributed by atoms with Crippen molar-refractivity contribution in [2.45, 2.75) is 38.1 Å². The van der Waals surface area contributed by atoms with E-state index in [0.29, 0.717) is 21.3 Å². The molecule has 158 valence electrons. The fourth-order valence-corrected chi connectivity index (χ4v) is 4.81. The van der Waals surface area contributed by atoms with Crippen LogP contribution in [0.2, 0.25) is 0 Å². The Labute approximate surface area is 184 Å². The summed E-state index contributed by atoms with van der Waals surface area (Å²) < 4.78 is 0. The van der Waals surface area contributed by atoms with Gasteiger partial charge in [-0.3, -0.25) is 24.8 Å². The van der Waals surface area contributed by atoms with E-state index < -0.39 is 4.92 Å². The van der Waals surface area contributed by atoms with E-state index in [1.807, 2.05) is 17.0 Å². The molecule has 4 rings (SSSR count). The van der Waals surface area contributed by atoms with Gasteiger partial charge in [-0.05, 0) is 55.0 Å². The van der Waals surface area contributed by atoms with Crippen molar-refractivity contribution in [3.63, 3.8) is 0 Å². The number of rotatable bonds is 5. The topological polar surface area (TPSA) is 88.7 Å². The molecule has 2 aromatic rings. The number of allylic oxidation sites excluding steroid dienone is 2. The van der Waals surface area contributed by atoms with E-state index in [1.54, 1.807) is 48.8 Å². The van der Waals surface area contributed by atoms with Crippen molar-refractivity contribution in [3.05, 3.63) is 81.5 Å². The number of hydrogen-bond donors (Lipinski definition) is 0. The number of pyridine rings is 1. The second-order valence-corrected chi connectivity index (χ2v) is 8.39. The Morgan fingerprint density at radius 3 is 2.71 bits per heavy atom. The fourth-order valence-electron chi connectivity index (χ4n) is 3.80. The van der Waals surface area contributed by atoms with Crippen molar-refractivity contribution in [2.75, 3.05) is 0 Å². The molecule has 1 aromatic heterocycles. The summed E-state index contributed by atoms with van der Waals surface area (Å²) in [5.41, 5.74) is 1.23. The van der Waals surface area contributed by atoms with Crippen LogP contribution in [0.5, 0.6) is 0 Å². The van der Waals surface area contributed by atoms with Gasteiger partial charge < -0.3 is 0 Å². The summed E-state index contributed by atoms with van der Waals surface area (Å²) >= 11 is 1.34. The number of hydrogen-bond acceptors (Lipinski definition) is 6. The number of thioether (sulfide) groups is 1. The van der Waals surface area contributed by atoms with Crippen LogP contribution in [0.25, 0.3) is 6.08 Å². The van der Waals surface area contributed by atoms with Gasteiger partial charge in [0.25, 0.3) is 11.6 Å². The maximum atomic E-state index is 13.2. The number of nitrogens with zero attached hydrogens (tertiary/aromatic N) is 4. The molecule has 7 nitrogen and oxygen atoms in total. The van der Waals surface area contributed by atoms with Crippen LogP contribution in [0.3, 0.4) is 0 Å². The number of nitro groups is 1. The van der Waals surface area contributed by atoms with Gasteiger partial charge in [-0.2, -0.15) is 0 Å². The summed E-state index contributed by atoms with van der Waals surface area (Å²) in [6.45, 7) is 0. The number of aliphatic imine (C=N–C) groups is 1. The molecule has 1 aliphatic carbocycles. The molecule has 1 aromatic carbocycles. The second kappa shape index (κ2) is 9.70. The normalized spacial score (nSPS) is 20.3. The van der Waals surface area contributed by atoms with Crippen molar-refractivity contribution in [1.82, 2.24) is 9.88 Å². The van der Waals surface area contributed by atoms with Crippen LogP contribution in [-0.4, -0.2) is 31.9 Å². The first-order valence-corrected chi connectivity index (χ1v) is 11.1. The first-order valence-electron chi connectivity index (χ1n) is 10.3. The summed E-state index contributed by atoms with van der Waals surface area (Å²) in [6.07, 6.45) is 13.8. The molecule has 1 aliphatic heterocycles. The van der Waals surface area contributed by atoms with E-state index in [0.717, 1.165) is 25.7 Å². The van der Waals surface area contributed by atoms with E-state index in [1.165, 1.54) is 24.2 Å². The highest BCUT2D eigenvalue weighted by molar-refractivity contribution is 8.18. The van der Waals surface area contributed by atoms with E-state index in [4.69, 9.17) is 0 Å². The van der Waals surface area contributed by atoms with Gasteiger partial charge in [-0.25, -0.2) is 4.99 Å². The number of nitro benzene ring substituents is 1. The summed E-state index contributed by atoms with van der Waals surface area (Å²) in [6, 6.07) is 10.4. The predicted molar refractivity (Wildman–Crippen MR) is 123 cm³/mol. The van der Waals surface area contributed by atoms with Crippen molar-refractivity contribution >= 4 is 40.3 Å². The molecule has 0 bridgehead atoms. The number of carbonyl (C=O) groups excluding carboxylic acids is 1. The Hall–Kier alpha value is -3.26. The Morgan fingerprint density at radius 2 is 1.97 bits per heavy atom. The number of aromatic nitrogens is 1. The third-order valence-corrected chi connectivity index (χ3v) is 6.31. The lowest BCUT2D eigenvalue weighted by Crippen LogP contribution is -2.40. The van der Waals surface area contributed by atoms with Crippen LogP contribution >= 0.6 is 11.8 Å². The summed E-state index contributed by atoms with van der Waals surface area (Å²) in [4.78, 5) is 35.2. The molecule has 2 aliphatic rings. The zero-order valence-electron chi connectivity index (χ0n) is 16.9. The minimum Gasteiger partial charge on any atom is -0.283 e. The highest BCUT2D eigenvalue weighted by atomic mass is 32.2. The third kappa shape index (κ3) is 4.91. The van der Waals surface area contributed by atoms with E-state index in [9.17, 15) is 14.9 Å². The van der Waals surface area contributed by atoms with Gasteiger partial charge in [-0.15, -0.1) is 0 Å². The maximum absolute atomic E-state index is 13.2. The standard InChI is InChI=1S/C23H22N4O3S/c28-22-21(14-6-9-17-8-4-5-13-20(17)27(29)30)31-23(25-18-10-7-15-24-16-18)26(22)19-11-2-1-3-12-19/h4-10,13-16,19H,1-3,11-12H2/b9-6+,21-14-,25-23?. The lowest BCUT2D eigenvalue weighted by molar-refractivity contribution is -0.385. The lowest BCUT2D eigenvalue weighted by Gasteiger charge is -2.30. The molecule has 0 atom stereocenters. The summed E-state index contributed by atoms with van der Waals surface area (Å²) in [5.74, 6) is -0.0632. The van der Waals surface area contributed by atoms with Gasteiger partial charge >= 0.3 is 0 Å². The average molecular weight is 435 g/mol. The summed E-state index contributed by atoms with van der Waals surface area (Å²) in [5, 5.41) is 11.9. The SMILES string of the molecule is O=C1/C(=C/C=C/c2ccccc2[N+](=O)[O-])SC(=Nc2cccnc2)N1C1CCCCC1. The molecular weight excluding hydrogens is 412 g/mol. The average Bonchev–Trinajstić information content (AvgIpc) is 3.10. The van der Waals surface area contributed by atoms with Gasteiger partial charge in [0, 0.05) is 18.3 Å². The molecule has 0 unspecified atom stereocenters. The van der Waals surface area contributed by atoms with Crippen LogP contribution < -0.4 is 0 Å². The van der Waals surface area contributed by atoms with Crippen LogP contribution in [-0.2, 0) is 4.79 Å².